The van der Waals surface area contributed by atoms with E-state index >= 15 is 0 Å². The number of phenols is 1. The molecule has 0 spiro atoms. The van der Waals surface area contributed by atoms with Crippen molar-refractivity contribution in [1.82, 2.24) is 4.98 Å². The minimum atomic E-state index is -0.470. The molecule has 1 aromatic heterocycles. The van der Waals surface area contributed by atoms with Gasteiger partial charge in [0.1, 0.15) is 23.1 Å². The highest BCUT2D eigenvalue weighted by atomic mass is 16.5. The lowest BCUT2D eigenvalue weighted by atomic mass is 9.98. The number of nitrogens with zero attached hydrogens (tertiary/aromatic N) is 1. The highest BCUT2D eigenvalue weighted by Crippen LogP contribution is 2.36. The number of hydrogen-bond acceptors (Lipinski definition) is 4. The summed E-state index contributed by atoms with van der Waals surface area (Å²) in [5, 5.41) is 19.4. The van der Waals surface area contributed by atoms with Crippen LogP contribution in [0.2, 0.25) is 0 Å². The second-order valence-electron chi connectivity index (χ2n) is 4.52. The second kappa shape index (κ2) is 5.10. The van der Waals surface area contributed by atoms with Gasteiger partial charge in [0.05, 0.1) is 7.11 Å². The quantitative estimate of drug-likeness (QED) is 0.876. The first-order chi connectivity index (χ1) is 9.47. The van der Waals surface area contributed by atoms with Crippen LogP contribution < -0.4 is 10.3 Å². The van der Waals surface area contributed by atoms with Crippen molar-refractivity contribution in [3.05, 3.63) is 45.4 Å². The summed E-state index contributed by atoms with van der Waals surface area (Å²) < 4.78 is 5.17. The summed E-state index contributed by atoms with van der Waals surface area (Å²) >= 11 is 0. The van der Waals surface area contributed by atoms with Crippen LogP contribution in [0.5, 0.6) is 11.5 Å². The molecule has 2 aromatic rings. The predicted octanol–water partition coefficient (Wildman–Crippen LogP) is 2.24. The molecule has 0 unspecified atom stereocenters. The molecule has 2 rings (SSSR count). The Labute approximate surface area is 116 Å². The first-order valence-electron chi connectivity index (χ1n) is 6.00. The van der Waals surface area contributed by atoms with Crippen molar-refractivity contribution in [3.63, 3.8) is 0 Å². The molecule has 0 aliphatic rings. The zero-order chi connectivity index (χ0) is 14.9. The van der Waals surface area contributed by atoms with E-state index < -0.39 is 5.56 Å². The number of aryl methyl sites for hydroxylation is 2. The molecule has 0 aliphatic heterocycles. The highest BCUT2D eigenvalue weighted by molar-refractivity contribution is 5.77. The van der Waals surface area contributed by atoms with E-state index in [2.05, 4.69) is 4.98 Å². The van der Waals surface area contributed by atoms with E-state index in [0.29, 0.717) is 28.1 Å². The minimum absolute atomic E-state index is 0.0291. The van der Waals surface area contributed by atoms with Crippen LogP contribution >= 0.6 is 0 Å². The fourth-order valence-corrected chi connectivity index (χ4v) is 2.08. The van der Waals surface area contributed by atoms with Crippen molar-refractivity contribution in [1.29, 1.82) is 5.26 Å². The summed E-state index contributed by atoms with van der Waals surface area (Å²) in [6.07, 6.45) is 0. The summed E-state index contributed by atoms with van der Waals surface area (Å²) in [5.41, 5.74) is 1.53. The second-order valence-corrected chi connectivity index (χ2v) is 4.52. The maximum Gasteiger partial charge on any atom is 0.266 e. The van der Waals surface area contributed by atoms with Crippen molar-refractivity contribution in [2.75, 3.05) is 7.11 Å². The Kier molecular flexibility index (Phi) is 3.49. The van der Waals surface area contributed by atoms with Crippen LogP contribution in [0.4, 0.5) is 0 Å². The van der Waals surface area contributed by atoms with Crippen LogP contribution in [0.25, 0.3) is 11.1 Å². The number of nitriles is 1. The van der Waals surface area contributed by atoms with Crippen molar-refractivity contribution >= 4 is 0 Å². The Hall–Kier alpha value is -2.74. The van der Waals surface area contributed by atoms with E-state index in [0.717, 1.165) is 0 Å². The number of aromatic amines is 1. The third kappa shape index (κ3) is 2.24. The topological polar surface area (TPSA) is 86.1 Å². The number of phenolic OH excluding ortho intramolecular Hbond substituents is 1. The van der Waals surface area contributed by atoms with Gasteiger partial charge in [-0.1, -0.05) is 0 Å². The molecule has 0 atom stereocenters. The largest absolute Gasteiger partial charge is 0.507 e. The predicted molar refractivity (Wildman–Crippen MR) is 74.9 cm³/mol. The summed E-state index contributed by atoms with van der Waals surface area (Å²) in [7, 11) is 1.52. The first kappa shape index (κ1) is 13.7. The Bertz CT molecular complexity index is 770. The molecule has 1 heterocycles. The summed E-state index contributed by atoms with van der Waals surface area (Å²) in [6.45, 7) is 3.45. The van der Waals surface area contributed by atoms with Crippen molar-refractivity contribution in [2.24, 2.45) is 0 Å². The molecule has 2 N–H and O–H groups in total. The van der Waals surface area contributed by atoms with Crippen LogP contribution in [0.3, 0.4) is 0 Å². The number of aromatic nitrogens is 1. The average molecular weight is 270 g/mol. The molecule has 20 heavy (non-hydrogen) atoms. The Morgan fingerprint density at radius 3 is 2.55 bits per heavy atom. The zero-order valence-corrected chi connectivity index (χ0v) is 11.4. The maximum absolute atomic E-state index is 11.8. The number of methoxy groups -OCH3 is 1. The van der Waals surface area contributed by atoms with E-state index in [-0.39, 0.29) is 11.3 Å². The Balaban J connectivity index is 2.85. The van der Waals surface area contributed by atoms with Gasteiger partial charge in [0.25, 0.3) is 5.56 Å². The number of benzene rings is 1. The first-order valence-corrected chi connectivity index (χ1v) is 6.00. The third-order valence-electron chi connectivity index (χ3n) is 3.08. The summed E-state index contributed by atoms with van der Waals surface area (Å²) in [6, 6.07) is 6.83. The lowest BCUT2D eigenvalue weighted by Crippen LogP contribution is -2.12. The molecule has 0 saturated carbocycles. The van der Waals surface area contributed by atoms with Gasteiger partial charge < -0.3 is 14.8 Å². The maximum atomic E-state index is 11.8. The van der Waals surface area contributed by atoms with E-state index in [4.69, 9.17) is 10.00 Å². The van der Waals surface area contributed by atoms with Gasteiger partial charge in [-0.2, -0.15) is 5.26 Å². The van der Waals surface area contributed by atoms with Gasteiger partial charge in [0, 0.05) is 16.8 Å². The number of pyridine rings is 1. The fourth-order valence-electron chi connectivity index (χ4n) is 2.08. The Morgan fingerprint density at radius 1 is 1.25 bits per heavy atom. The Morgan fingerprint density at radius 2 is 1.95 bits per heavy atom. The smallest absolute Gasteiger partial charge is 0.266 e. The van der Waals surface area contributed by atoms with Gasteiger partial charge in [-0.25, -0.2) is 0 Å². The van der Waals surface area contributed by atoms with Crippen LogP contribution in [0.1, 0.15) is 16.8 Å². The molecule has 0 saturated heterocycles. The lowest BCUT2D eigenvalue weighted by molar-refractivity contribution is 0.412. The van der Waals surface area contributed by atoms with Crippen LogP contribution in [-0.4, -0.2) is 17.2 Å². The molecule has 0 aliphatic carbocycles. The zero-order valence-electron chi connectivity index (χ0n) is 11.4. The number of H-pyrrole nitrogens is 1. The minimum Gasteiger partial charge on any atom is -0.507 e. The van der Waals surface area contributed by atoms with E-state index in [1.54, 1.807) is 32.0 Å². The molecule has 5 nitrogen and oxygen atoms in total. The number of nitrogens with one attached hydrogen (secondary N) is 1. The van der Waals surface area contributed by atoms with Crippen LogP contribution in [-0.2, 0) is 0 Å². The molecule has 1 aromatic carbocycles. The monoisotopic (exact) mass is 270 g/mol. The van der Waals surface area contributed by atoms with Gasteiger partial charge in [-0.3, -0.25) is 4.79 Å². The number of hydrogen-bond donors (Lipinski definition) is 2. The van der Waals surface area contributed by atoms with E-state index in [1.165, 1.54) is 7.11 Å². The molecule has 102 valence electrons. The average Bonchev–Trinajstić information content (AvgIpc) is 2.41. The van der Waals surface area contributed by atoms with Gasteiger partial charge in [0.2, 0.25) is 0 Å². The lowest BCUT2D eigenvalue weighted by Gasteiger charge is -2.12. The van der Waals surface area contributed by atoms with E-state index in [9.17, 15) is 9.90 Å². The van der Waals surface area contributed by atoms with Crippen molar-refractivity contribution < 1.29 is 9.84 Å². The number of rotatable bonds is 2. The molecular formula is C15H14N2O3. The molecule has 0 amide bonds. The number of ether oxygens (including phenoxy) is 1. The van der Waals surface area contributed by atoms with Gasteiger partial charge in [-0.05, 0) is 37.6 Å². The standard InChI is InChI=1S/C15H14N2O3/c1-8-4-10(20-3)6-12(14(8)18)11-5-9(2)17-15(19)13(11)7-16/h4-6,18H,1-3H3,(H,17,19). The SMILES string of the molecule is COc1cc(C)c(O)c(-c2cc(C)[nH]c(=O)c2C#N)c1. The van der Waals surface area contributed by atoms with Gasteiger partial charge in [0.15, 0.2) is 0 Å². The molecule has 0 radical (unpaired) electrons. The highest BCUT2D eigenvalue weighted by Gasteiger charge is 2.16. The number of aromatic hydroxyl groups is 1. The third-order valence-corrected chi connectivity index (χ3v) is 3.08. The van der Waals surface area contributed by atoms with E-state index in [1.807, 2.05) is 6.07 Å². The van der Waals surface area contributed by atoms with Gasteiger partial charge >= 0.3 is 0 Å². The molecular weight excluding hydrogens is 256 g/mol. The van der Waals surface area contributed by atoms with Crippen LogP contribution in [0.15, 0.2) is 23.0 Å². The normalized spacial score (nSPS) is 10.1. The summed E-state index contributed by atoms with van der Waals surface area (Å²) in [5.74, 6) is 0.587. The van der Waals surface area contributed by atoms with Crippen molar-refractivity contribution in [3.8, 4) is 28.7 Å². The van der Waals surface area contributed by atoms with Crippen molar-refractivity contribution in [2.45, 2.75) is 13.8 Å². The molecule has 5 heteroatoms. The van der Waals surface area contributed by atoms with Gasteiger partial charge in [-0.15, -0.1) is 0 Å². The molecule has 0 fully saturated rings. The molecule has 0 bridgehead atoms. The van der Waals surface area contributed by atoms with Crippen LogP contribution in [0, 0.1) is 25.2 Å². The fraction of sp³-hybridized carbons (Fsp3) is 0.200. The summed E-state index contributed by atoms with van der Waals surface area (Å²) in [4.78, 5) is 14.4.